The van der Waals surface area contributed by atoms with Gasteiger partial charge in [0.1, 0.15) is 23.7 Å². The Kier molecular flexibility index (Phi) is 5.05. The van der Waals surface area contributed by atoms with Crippen LogP contribution in [-0.2, 0) is 0 Å². The second-order valence-electron chi connectivity index (χ2n) is 6.90. The smallest absolute Gasteiger partial charge is 0.158 e. The minimum Gasteiger partial charge on any atom is -0.488 e. The van der Waals surface area contributed by atoms with Gasteiger partial charge in [-0.1, -0.05) is 0 Å². The molecule has 0 unspecified atom stereocenters. The molecule has 3 heterocycles. The quantitative estimate of drug-likeness (QED) is 0.600. The van der Waals surface area contributed by atoms with Crippen molar-refractivity contribution in [3.8, 4) is 23.1 Å². The number of hydrogen-bond acceptors (Lipinski definition) is 8. The number of aromatic amines is 1. The Balaban J connectivity index is 1.60. The first-order valence-corrected chi connectivity index (χ1v) is 9.15. The SMILES string of the molecule is Cc1ncc(O[C@@H]2CC[C@H](N)C2)c(-c2cc(Nc3cnc(C#N)cn3)n[nH]2)c1F. The first kappa shape index (κ1) is 18.8. The first-order valence-electron chi connectivity index (χ1n) is 9.15. The third-order valence-electron chi connectivity index (χ3n) is 4.75. The largest absolute Gasteiger partial charge is 0.488 e. The highest BCUT2D eigenvalue weighted by Gasteiger charge is 2.26. The number of H-pyrrole nitrogens is 1. The maximum Gasteiger partial charge on any atom is 0.158 e. The Hall–Kier alpha value is -3.58. The summed E-state index contributed by atoms with van der Waals surface area (Å²) in [4.78, 5) is 12.1. The van der Waals surface area contributed by atoms with E-state index in [2.05, 4.69) is 30.5 Å². The summed E-state index contributed by atoms with van der Waals surface area (Å²) in [6, 6.07) is 3.65. The fourth-order valence-corrected chi connectivity index (χ4v) is 3.26. The minimum absolute atomic E-state index is 0.0675. The Labute approximate surface area is 166 Å². The number of hydrogen-bond donors (Lipinski definition) is 3. The molecule has 10 heteroatoms. The van der Waals surface area contributed by atoms with E-state index in [-0.39, 0.29) is 29.1 Å². The van der Waals surface area contributed by atoms with Crippen molar-refractivity contribution in [2.75, 3.05) is 5.32 Å². The topological polar surface area (TPSA) is 138 Å². The van der Waals surface area contributed by atoms with Crippen LogP contribution in [0.25, 0.3) is 11.3 Å². The van der Waals surface area contributed by atoms with Gasteiger partial charge in [-0.15, -0.1) is 0 Å². The zero-order valence-electron chi connectivity index (χ0n) is 15.7. The Morgan fingerprint density at radius 2 is 2.10 bits per heavy atom. The molecule has 0 amide bonds. The van der Waals surface area contributed by atoms with Gasteiger partial charge in [0.2, 0.25) is 0 Å². The van der Waals surface area contributed by atoms with Crippen molar-refractivity contribution >= 4 is 11.6 Å². The van der Waals surface area contributed by atoms with Gasteiger partial charge in [-0.3, -0.25) is 10.1 Å². The number of nitrogens with two attached hydrogens (primary N) is 1. The third kappa shape index (κ3) is 4.00. The van der Waals surface area contributed by atoms with E-state index in [1.54, 1.807) is 13.0 Å². The van der Waals surface area contributed by atoms with Crippen LogP contribution < -0.4 is 15.8 Å². The Bertz CT molecular complexity index is 1060. The third-order valence-corrected chi connectivity index (χ3v) is 4.75. The number of aryl methyl sites for hydroxylation is 1. The monoisotopic (exact) mass is 394 g/mol. The van der Waals surface area contributed by atoms with Crippen LogP contribution in [-0.4, -0.2) is 37.3 Å². The molecule has 0 spiro atoms. The van der Waals surface area contributed by atoms with E-state index in [4.69, 9.17) is 15.7 Å². The maximum absolute atomic E-state index is 14.9. The molecule has 2 atom stereocenters. The van der Waals surface area contributed by atoms with E-state index in [1.165, 1.54) is 18.6 Å². The molecule has 3 aromatic rings. The zero-order valence-corrected chi connectivity index (χ0v) is 15.7. The van der Waals surface area contributed by atoms with E-state index in [0.717, 1.165) is 19.3 Å². The number of aromatic nitrogens is 5. The Morgan fingerprint density at radius 3 is 2.79 bits per heavy atom. The van der Waals surface area contributed by atoms with Crippen molar-refractivity contribution < 1.29 is 9.13 Å². The molecular formula is C19H19FN8O. The normalized spacial score (nSPS) is 18.4. The molecular weight excluding hydrogens is 375 g/mol. The van der Waals surface area contributed by atoms with E-state index in [9.17, 15) is 4.39 Å². The van der Waals surface area contributed by atoms with Crippen LogP contribution in [0.3, 0.4) is 0 Å². The molecule has 0 radical (unpaired) electrons. The fraction of sp³-hybridized carbons (Fsp3) is 0.316. The molecule has 1 saturated carbocycles. The molecule has 0 saturated heterocycles. The van der Waals surface area contributed by atoms with Gasteiger partial charge in [0.25, 0.3) is 0 Å². The molecule has 0 bridgehead atoms. The molecule has 4 N–H and O–H groups in total. The van der Waals surface area contributed by atoms with Crippen LogP contribution in [0.4, 0.5) is 16.0 Å². The fourth-order valence-electron chi connectivity index (χ4n) is 3.26. The van der Waals surface area contributed by atoms with Gasteiger partial charge in [0.15, 0.2) is 17.3 Å². The molecule has 3 aromatic heterocycles. The molecule has 0 aromatic carbocycles. The van der Waals surface area contributed by atoms with Crippen molar-refractivity contribution in [2.45, 2.75) is 38.3 Å². The molecule has 4 rings (SSSR count). The van der Waals surface area contributed by atoms with Gasteiger partial charge in [0, 0.05) is 12.1 Å². The van der Waals surface area contributed by atoms with Crippen molar-refractivity contribution in [1.82, 2.24) is 25.1 Å². The maximum atomic E-state index is 14.9. The van der Waals surface area contributed by atoms with Gasteiger partial charge >= 0.3 is 0 Å². The van der Waals surface area contributed by atoms with Gasteiger partial charge in [-0.25, -0.2) is 14.4 Å². The zero-order chi connectivity index (χ0) is 20.4. The summed E-state index contributed by atoms with van der Waals surface area (Å²) < 4.78 is 20.9. The molecule has 1 aliphatic rings. The number of anilines is 2. The average Bonchev–Trinajstić information content (AvgIpc) is 3.34. The van der Waals surface area contributed by atoms with Gasteiger partial charge in [-0.2, -0.15) is 10.4 Å². The number of pyridine rings is 1. The van der Waals surface area contributed by atoms with Crippen molar-refractivity contribution in [3.63, 3.8) is 0 Å². The lowest BCUT2D eigenvalue weighted by molar-refractivity contribution is 0.207. The van der Waals surface area contributed by atoms with E-state index < -0.39 is 5.82 Å². The summed E-state index contributed by atoms with van der Waals surface area (Å²) in [5.74, 6) is 0.699. The van der Waals surface area contributed by atoms with E-state index in [1.807, 2.05) is 6.07 Å². The summed E-state index contributed by atoms with van der Waals surface area (Å²) in [5.41, 5.74) is 7.13. The van der Waals surface area contributed by atoms with Crippen LogP contribution in [0.5, 0.6) is 5.75 Å². The lowest BCUT2D eigenvalue weighted by Gasteiger charge is -2.17. The highest BCUT2D eigenvalue weighted by molar-refractivity contribution is 5.71. The van der Waals surface area contributed by atoms with E-state index in [0.29, 0.717) is 23.1 Å². The Morgan fingerprint density at radius 1 is 1.24 bits per heavy atom. The average molecular weight is 394 g/mol. The van der Waals surface area contributed by atoms with Gasteiger partial charge in [0.05, 0.1) is 35.5 Å². The minimum atomic E-state index is -0.474. The predicted octanol–water partition coefficient (Wildman–Crippen LogP) is 2.58. The van der Waals surface area contributed by atoms with Crippen LogP contribution in [0, 0.1) is 24.1 Å². The molecule has 148 valence electrons. The predicted molar refractivity (Wildman–Crippen MR) is 103 cm³/mol. The second-order valence-corrected chi connectivity index (χ2v) is 6.90. The summed E-state index contributed by atoms with van der Waals surface area (Å²) in [6.45, 7) is 1.59. The van der Waals surface area contributed by atoms with Gasteiger partial charge in [-0.05, 0) is 26.2 Å². The molecule has 1 fully saturated rings. The standard InChI is InChI=1S/C19H19FN8O/c1-10-19(20)18(15(8-23-10)29-13-3-2-11(22)4-13)14-5-16(28-27-14)26-17-9-24-12(6-21)7-25-17/h5,7-9,11,13H,2-4,22H2,1H3,(H2,25,26,27,28)/t11-,13+/m0/s1. The van der Waals surface area contributed by atoms with E-state index >= 15 is 0 Å². The first-order chi connectivity index (χ1) is 14.0. The van der Waals surface area contributed by atoms with Crippen molar-refractivity contribution in [3.05, 3.63) is 41.9 Å². The number of nitrogens with one attached hydrogen (secondary N) is 2. The number of nitrogens with zero attached hydrogens (tertiary/aromatic N) is 5. The van der Waals surface area contributed by atoms with Gasteiger partial charge < -0.3 is 15.8 Å². The summed E-state index contributed by atoms with van der Waals surface area (Å²) >= 11 is 0. The summed E-state index contributed by atoms with van der Waals surface area (Å²) in [5, 5.41) is 18.7. The lowest BCUT2D eigenvalue weighted by atomic mass is 10.1. The lowest BCUT2D eigenvalue weighted by Crippen LogP contribution is -2.19. The molecule has 1 aliphatic carbocycles. The second kappa shape index (κ2) is 7.81. The molecule has 0 aliphatic heterocycles. The number of halogens is 1. The number of nitriles is 1. The number of rotatable bonds is 5. The van der Waals surface area contributed by atoms with Crippen LogP contribution in [0.15, 0.2) is 24.7 Å². The summed E-state index contributed by atoms with van der Waals surface area (Å²) in [7, 11) is 0. The van der Waals surface area contributed by atoms with Crippen LogP contribution >= 0.6 is 0 Å². The molecule has 9 nitrogen and oxygen atoms in total. The molecule has 29 heavy (non-hydrogen) atoms. The highest BCUT2D eigenvalue weighted by atomic mass is 19.1. The number of ether oxygens (including phenoxy) is 1. The van der Waals surface area contributed by atoms with Crippen molar-refractivity contribution in [1.29, 1.82) is 5.26 Å². The summed E-state index contributed by atoms with van der Waals surface area (Å²) in [6.07, 6.45) is 6.65. The van der Waals surface area contributed by atoms with Crippen molar-refractivity contribution in [2.24, 2.45) is 5.73 Å². The van der Waals surface area contributed by atoms with Crippen LogP contribution in [0.1, 0.15) is 30.7 Å². The highest BCUT2D eigenvalue weighted by Crippen LogP contribution is 2.35. The van der Waals surface area contributed by atoms with Crippen LogP contribution in [0.2, 0.25) is 0 Å².